The van der Waals surface area contributed by atoms with Gasteiger partial charge in [-0.2, -0.15) is 0 Å². The summed E-state index contributed by atoms with van der Waals surface area (Å²) in [6, 6.07) is 11.9. The Balaban J connectivity index is 1.52. The highest BCUT2D eigenvalue weighted by Gasteiger charge is 2.21. The second-order valence-corrected chi connectivity index (χ2v) is 6.34. The monoisotopic (exact) mass is 323 g/mol. The highest BCUT2D eigenvalue weighted by molar-refractivity contribution is 5.92. The van der Waals surface area contributed by atoms with E-state index < -0.39 is 0 Å². The fourth-order valence-corrected chi connectivity index (χ4v) is 3.32. The standard InChI is InChI=1S/C19H21N3O2/c23-19(13-6-9-20-10-7-13)22-18-3-1-2-16(21-18)14-4-5-17-15(12-14)8-11-24-17/h1-5,12-13,20H,6-11H2,(H,21,22,23). The first-order valence-electron chi connectivity index (χ1n) is 8.54. The maximum atomic E-state index is 12.4. The van der Waals surface area contributed by atoms with Gasteiger partial charge in [0.2, 0.25) is 5.91 Å². The van der Waals surface area contributed by atoms with Crippen molar-refractivity contribution < 1.29 is 9.53 Å². The van der Waals surface area contributed by atoms with Crippen LogP contribution in [0.3, 0.4) is 0 Å². The maximum absolute atomic E-state index is 12.4. The van der Waals surface area contributed by atoms with Crippen LogP contribution in [0.4, 0.5) is 5.82 Å². The number of carbonyl (C=O) groups is 1. The van der Waals surface area contributed by atoms with Gasteiger partial charge in [-0.25, -0.2) is 4.98 Å². The van der Waals surface area contributed by atoms with E-state index in [1.54, 1.807) is 0 Å². The smallest absolute Gasteiger partial charge is 0.228 e. The number of rotatable bonds is 3. The molecule has 0 aliphatic carbocycles. The number of ether oxygens (including phenoxy) is 1. The van der Waals surface area contributed by atoms with Crippen molar-refractivity contribution in [2.24, 2.45) is 5.92 Å². The molecule has 5 heteroatoms. The predicted octanol–water partition coefficient (Wildman–Crippen LogP) is 2.62. The number of aromatic nitrogens is 1. The Kier molecular flexibility index (Phi) is 4.17. The minimum Gasteiger partial charge on any atom is -0.493 e. The summed E-state index contributed by atoms with van der Waals surface area (Å²) in [5, 5.41) is 6.25. The molecule has 3 heterocycles. The highest BCUT2D eigenvalue weighted by atomic mass is 16.5. The van der Waals surface area contributed by atoms with Crippen molar-refractivity contribution >= 4 is 11.7 Å². The number of benzene rings is 1. The third kappa shape index (κ3) is 3.12. The van der Waals surface area contributed by atoms with Crippen LogP contribution < -0.4 is 15.4 Å². The number of hydrogen-bond donors (Lipinski definition) is 2. The first-order valence-corrected chi connectivity index (χ1v) is 8.54. The first-order chi connectivity index (χ1) is 11.8. The van der Waals surface area contributed by atoms with Crippen molar-refractivity contribution in [1.29, 1.82) is 0 Å². The third-order valence-electron chi connectivity index (χ3n) is 4.70. The zero-order valence-electron chi connectivity index (χ0n) is 13.5. The molecular formula is C19H21N3O2. The number of pyridine rings is 1. The van der Waals surface area contributed by atoms with Crippen LogP contribution in [0.1, 0.15) is 18.4 Å². The molecule has 1 saturated heterocycles. The SMILES string of the molecule is O=C(Nc1cccc(-c2ccc3c(c2)CCO3)n1)C1CCNCC1. The van der Waals surface area contributed by atoms with E-state index in [9.17, 15) is 4.79 Å². The van der Waals surface area contributed by atoms with Crippen LogP contribution in [0, 0.1) is 5.92 Å². The third-order valence-corrected chi connectivity index (χ3v) is 4.70. The second kappa shape index (κ2) is 6.61. The van der Waals surface area contributed by atoms with E-state index in [2.05, 4.69) is 21.7 Å². The van der Waals surface area contributed by atoms with Crippen LogP contribution in [0.25, 0.3) is 11.3 Å². The average molecular weight is 323 g/mol. The summed E-state index contributed by atoms with van der Waals surface area (Å²) in [7, 11) is 0. The van der Waals surface area contributed by atoms with E-state index in [4.69, 9.17) is 4.74 Å². The van der Waals surface area contributed by atoms with Gasteiger partial charge in [0, 0.05) is 17.9 Å². The number of nitrogens with one attached hydrogen (secondary N) is 2. The van der Waals surface area contributed by atoms with E-state index in [0.29, 0.717) is 5.82 Å². The van der Waals surface area contributed by atoms with Gasteiger partial charge in [-0.15, -0.1) is 0 Å². The Morgan fingerprint density at radius 2 is 2.08 bits per heavy atom. The van der Waals surface area contributed by atoms with Gasteiger partial charge in [0.1, 0.15) is 11.6 Å². The molecule has 2 aliphatic rings. The molecule has 1 aromatic carbocycles. The molecule has 0 radical (unpaired) electrons. The number of nitrogens with zero attached hydrogens (tertiary/aromatic N) is 1. The van der Waals surface area contributed by atoms with Gasteiger partial charge in [-0.3, -0.25) is 4.79 Å². The molecule has 1 aromatic heterocycles. The maximum Gasteiger partial charge on any atom is 0.228 e. The molecule has 24 heavy (non-hydrogen) atoms. The zero-order valence-corrected chi connectivity index (χ0v) is 13.5. The van der Waals surface area contributed by atoms with Crippen molar-refractivity contribution in [3.05, 3.63) is 42.0 Å². The molecule has 124 valence electrons. The zero-order chi connectivity index (χ0) is 16.4. The lowest BCUT2D eigenvalue weighted by Crippen LogP contribution is -2.34. The fraction of sp³-hybridized carbons (Fsp3) is 0.368. The molecule has 0 saturated carbocycles. The van der Waals surface area contributed by atoms with E-state index in [0.717, 1.165) is 56.0 Å². The summed E-state index contributed by atoms with van der Waals surface area (Å²) in [6.45, 7) is 2.56. The van der Waals surface area contributed by atoms with Crippen LogP contribution in [0.5, 0.6) is 5.75 Å². The van der Waals surface area contributed by atoms with Gasteiger partial charge >= 0.3 is 0 Å². The van der Waals surface area contributed by atoms with Gasteiger partial charge < -0.3 is 15.4 Å². The number of carbonyl (C=O) groups excluding carboxylic acids is 1. The molecule has 0 unspecified atom stereocenters. The molecule has 2 aromatic rings. The van der Waals surface area contributed by atoms with Crippen molar-refractivity contribution in [2.75, 3.05) is 25.0 Å². The van der Waals surface area contributed by atoms with Crippen molar-refractivity contribution in [3.63, 3.8) is 0 Å². The topological polar surface area (TPSA) is 63.2 Å². The molecule has 1 amide bonds. The predicted molar refractivity (Wildman–Crippen MR) is 93.1 cm³/mol. The Morgan fingerprint density at radius 1 is 1.21 bits per heavy atom. The molecule has 4 rings (SSSR count). The summed E-state index contributed by atoms with van der Waals surface area (Å²) in [6.07, 6.45) is 2.71. The molecule has 2 N–H and O–H groups in total. The minimum atomic E-state index is 0.0727. The molecule has 0 spiro atoms. The Bertz CT molecular complexity index is 754. The summed E-state index contributed by atoms with van der Waals surface area (Å²) >= 11 is 0. The largest absolute Gasteiger partial charge is 0.493 e. The van der Waals surface area contributed by atoms with Gasteiger partial charge in [0.15, 0.2) is 0 Å². The van der Waals surface area contributed by atoms with E-state index in [1.807, 2.05) is 30.3 Å². The summed E-state index contributed by atoms with van der Waals surface area (Å²) < 4.78 is 5.55. The molecule has 2 aliphatic heterocycles. The number of fused-ring (bicyclic) bond motifs is 1. The van der Waals surface area contributed by atoms with E-state index in [1.165, 1.54) is 5.56 Å². The lowest BCUT2D eigenvalue weighted by Gasteiger charge is -2.21. The summed E-state index contributed by atoms with van der Waals surface area (Å²) in [5.74, 6) is 1.74. The van der Waals surface area contributed by atoms with Crippen molar-refractivity contribution in [1.82, 2.24) is 10.3 Å². The number of anilines is 1. The number of piperidine rings is 1. The lowest BCUT2D eigenvalue weighted by molar-refractivity contribution is -0.120. The normalized spacial score (nSPS) is 17.2. The van der Waals surface area contributed by atoms with E-state index in [-0.39, 0.29) is 11.8 Å². The molecule has 5 nitrogen and oxygen atoms in total. The summed E-state index contributed by atoms with van der Waals surface area (Å²) in [5.41, 5.74) is 3.14. The Hall–Kier alpha value is -2.40. The molecule has 0 atom stereocenters. The van der Waals surface area contributed by atoms with Crippen LogP contribution in [-0.4, -0.2) is 30.6 Å². The van der Waals surface area contributed by atoms with Crippen LogP contribution in [0.15, 0.2) is 36.4 Å². The molecular weight excluding hydrogens is 302 g/mol. The van der Waals surface area contributed by atoms with Crippen LogP contribution in [0.2, 0.25) is 0 Å². The van der Waals surface area contributed by atoms with Gasteiger partial charge in [0.05, 0.1) is 12.3 Å². The van der Waals surface area contributed by atoms with Crippen molar-refractivity contribution in [3.8, 4) is 17.0 Å². The van der Waals surface area contributed by atoms with Crippen LogP contribution >= 0.6 is 0 Å². The van der Waals surface area contributed by atoms with E-state index >= 15 is 0 Å². The summed E-state index contributed by atoms with van der Waals surface area (Å²) in [4.78, 5) is 17.0. The highest BCUT2D eigenvalue weighted by Crippen LogP contribution is 2.30. The fourth-order valence-electron chi connectivity index (χ4n) is 3.32. The number of amides is 1. The minimum absolute atomic E-state index is 0.0727. The van der Waals surface area contributed by atoms with Crippen LogP contribution in [-0.2, 0) is 11.2 Å². The number of hydrogen-bond acceptors (Lipinski definition) is 4. The van der Waals surface area contributed by atoms with Gasteiger partial charge in [-0.05, 0) is 61.8 Å². The van der Waals surface area contributed by atoms with Gasteiger partial charge in [0.25, 0.3) is 0 Å². The van der Waals surface area contributed by atoms with Gasteiger partial charge in [-0.1, -0.05) is 6.07 Å². The first kappa shape index (κ1) is 15.1. The Morgan fingerprint density at radius 3 is 2.96 bits per heavy atom. The molecule has 0 bridgehead atoms. The molecule has 1 fully saturated rings. The van der Waals surface area contributed by atoms with Crippen molar-refractivity contribution in [2.45, 2.75) is 19.3 Å². The second-order valence-electron chi connectivity index (χ2n) is 6.34. The lowest BCUT2D eigenvalue weighted by atomic mass is 9.97. The average Bonchev–Trinajstić information content (AvgIpc) is 3.10. The quantitative estimate of drug-likeness (QED) is 0.911. The Labute approximate surface area is 141 Å².